The van der Waals surface area contributed by atoms with Gasteiger partial charge in [-0.15, -0.1) is 0 Å². The molecular formula is C15H19NO2. The largest absolute Gasteiger partial charge is 0.493 e. The third kappa shape index (κ3) is 3.13. The van der Waals surface area contributed by atoms with Crippen LogP contribution >= 0.6 is 0 Å². The van der Waals surface area contributed by atoms with Crippen molar-refractivity contribution in [1.29, 1.82) is 0 Å². The monoisotopic (exact) mass is 245 g/mol. The smallest absolute Gasteiger partial charge is 0.191 e. The molecule has 0 spiro atoms. The van der Waals surface area contributed by atoms with Crippen LogP contribution < -0.4 is 4.74 Å². The minimum absolute atomic E-state index is 0.623. The average molecular weight is 245 g/mol. The zero-order chi connectivity index (χ0) is 13.0. The molecule has 1 aromatic carbocycles. The third-order valence-electron chi connectivity index (χ3n) is 2.94. The van der Waals surface area contributed by atoms with Gasteiger partial charge >= 0.3 is 0 Å². The molecule has 0 aliphatic carbocycles. The number of oxazole rings is 1. The van der Waals surface area contributed by atoms with Gasteiger partial charge in [0.25, 0.3) is 0 Å². The SMILES string of the molecule is CCc1ccc(OCCc2nc(C)oc2C)cc1. The Hall–Kier alpha value is -1.77. The van der Waals surface area contributed by atoms with E-state index in [2.05, 4.69) is 24.0 Å². The van der Waals surface area contributed by atoms with E-state index in [-0.39, 0.29) is 0 Å². The molecule has 3 nitrogen and oxygen atoms in total. The average Bonchev–Trinajstić information content (AvgIpc) is 2.69. The Labute approximate surface area is 108 Å². The van der Waals surface area contributed by atoms with E-state index in [1.54, 1.807) is 0 Å². The molecule has 0 saturated carbocycles. The van der Waals surface area contributed by atoms with Crippen molar-refractivity contribution in [1.82, 2.24) is 4.98 Å². The standard InChI is InChI=1S/C15H19NO2/c1-4-13-5-7-14(8-6-13)17-10-9-15-11(2)18-12(3)16-15/h5-8H,4,9-10H2,1-3H3. The summed E-state index contributed by atoms with van der Waals surface area (Å²) in [6, 6.07) is 8.22. The second kappa shape index (κ2) is 5.71. The van der Waals surface area contributed by atoms with Crippen LogP contribution in [0.15, 0.2) is 28.7 Å². The maximum absolute atomic E-state index is 5.69. The van der Waals surface area contributed by atoms with Crippen LogP contribution in [0.25, 0.3) is 0 Å². The Balaban J connectivity index is 1.86. The molecule has 96 valence electrons. The van der Waals surface area contributed by atoms with E-state index in [0.29, 0.717) is 6.61 Å². The van der Waals surface area contributed by atoms with Crippen molar-refractivity contribution < 1.29 is 9.15 Å². The number of aryl methyl sites for hydroxylation is 3. The molecule has 2 rings (SSSR count). The molecule has 1 aromatic heterocycles. The number of ether oxygens (including phenoxy) is 1. The van der Waals surface area contributed by atoms with E-state index >= 15 is 0 Å². The summed E-state index contributed by atoms with van der Waals surface area (Å²) in [6.07, 6.45) is 1.83. The highest BCUT2D eigenvalue weighted by Crippen LogP contribution is 2.14. The first-order valence-corrected chi connectivity index (χ1v) is 6.33. The summed E-state index contributed by atoms with van der Waals surface area (Å²) in [6.45, 7) is 6.57. The lowest BCUT2D eigenvalue weighted by atomic mass is 10.2. The van der Waals surface area contributed by atoms with Gasteiger partial charge in [0, 0.05) is 13.3 Å². The highest BCUT2D eigenvalue weighted by Gasteiger charge is 2.06. The quantitative estimate of drug-likeness (QED) is 0.809. The molecule has 0 amide bonds. The first-order valence-electron chi connectivity index (χ1n) is 6.33. The van der Waals surface area contributed by atoms with Gasteiger partial charge in [-0.2, -0.15) is 0 Å². The topological polar surface area (TPSA) is 35.3 Å². The van der Waals surface area contributed by atoms with Gasteiger partial charge in [0.2, 0.25) is 0 Å². The molecule has 0 radical (unpaired) electrons. The zero-order valence-electron chi connectivity index (χ0n) is 11.2. The number of benzene rings is 1. The van der Waals surface area contributed by atoms with Crippen LogP contribution in [-0.2, 0) is 12.8 Å². The summed E-state index contributed by atoms with van der Waals surface area (Å²) in [7, 11) is 0. The lowest BCUT2D eigenvalue weighted by Crippen LogP contribution is -2.02. The molecule has 2 aromatic rings. The van der Waals surface area contributed by atoms with Crippen LogP contribution in [0.5, 0.6) is 5.75 Å². The Kier molecular flexibility index (Phi) is 4.03. The fraction of sp³-hybridized carbons (Fsp3) is 0.400. The van der Waals surface area contributed by atoms with Crippen molar-refractivity contribution >= 4 is 0 Å². The normalized spacial score (nSPS) is 10.6. The first-order chi connectivity index (χ1) is 8.69. The molecule has 0 unspecified atom stereocenters. The maximum atomic E-state index is 5.69. The first kappa shape index (κ1) is 12.7. The molecule has 0 saturated heterocycles. The van der Waals surface area contributed by atoms with Gasteiger partial charge in [-0.3, -0.25) is 0 Å². The van der Waals surface area contributed by atoms with Gasteiger partial charge in [0.15, 0.2) is 5.89 Å². The summed E-state index contributed by atoms with van der Waals surface area (Å²) in [4.78, 5) is 4.32. The molecular weight excluding hydrogens is 226 g/mol. The third-order valence-corrected chi connectivity index (χ3v) is 2.94. The predicted octanol–water partition coefficient (Wildman–Crippen LogP) is 3.48. The van der Waals surface area contributed by atoms with Crippen molar-refractivity contribution in [2.24, 2.45) is 0 Å². The van der Waals surface area contributed by atoms with E-state index in [4.69, 9.17) is 9.15 Å². The van der Waals surface area contributed by atoms with E-state index < -0.39 is 0 Å². The number of nitrogens with zero attached hydrogens (tertiary/aromatic N) is 1. The minimum Gasteiger partial charge on any atom is -0.493 e. The van der Waals surface area contributed by atoms with Gasteiger partial charge < -0.3 is 9.15 Å². The van der Waals surface area contributed by atoms with E-state index in [9.17, 15) is 0 Å². The summed E-state index contributed by atoms with van der Waals surface area (Å²) in [5.74, 6) is 2.51. The lowest BCUT2D eigenvalue weighted by Gasteiger charge is -2.05. The summed E-state index contributed by atoms with van der Waals surface area (Å²) in [5, 5.41) is 0. The molecule has 18 heavy (non-hydrogen) atoms. The number of hydrogen-bond donors (Lipinski definition) is 0. The van der Waals surface area contributed by atoms with E-state index in [1.165, 1.54) is 5.56 Å². The molecule has 0 N–H and O–H groups in total. The van der Waals surface area contributed by atoms with Crippen LogP contribution in [0.4, 0.5) is 0 Å². The molecule has 0 aliphatic heterocycles. The van der Waals surface area contributed by atoms with Gasteiger partial charge in [0.1, 0.15) is 11.5 Å². The molecule has 1 heterocycles. The van der Waals surface area contributed by atoms with Crippen molar-refractivity contribution in [3.05, 3.63) is 47.2 Å². The highest BCUT2D eigenvalue weighted by atomic mass is 16.5. The highest BCUT2D eigenvalue weighted by molar-refractivity contribution is 5.27. The van der Waals surface area contributed by atoms with Crippen LogP contribution in [0.1, 0.15) is 29.8 Å². The summed E-state index contributed by atoms with van der Waals surface area (Å²) in [5.41, 5.74) is 2.31. The zero-order valence-corrected chi connectivity index (χ0v) is 11.2. The second-order valence-electron chi connectivity index (χ2n) is 4.33. The Morgan fingerprint density at radius 2 is 1.89 bits per heavy atom. The molecule has 0 bridgehead atoms. The van der Waals surface area contributed by atoms with Crippen LogP contribution in [-0.4, -0.2) is 11.6 Å². The van der Waals surface area contributed by atoms with Crippen molar-refractivity contribution in [3.8, 4) is 5.75 Å². The Bertz CT molecular complexity index is 500. The number of aromatic nitrogens is 1. The van der Waals surface area contributed by atoms with E-state index in [1.807, 2.05) is 26.0 Å². The van der Waals surface area contributed by atoms with Gasteiger partial charge in [0.05, 0.1) is 12.3 Å². The molecule has 0 atom stereocenters. The molecule has 0 aliphatic rings. The van der Waals surface area contributed by atoms with Gasteiger partial charge in [-0.05, 0) is 31.0 Å². The van der Waals surface area contributed by atoms with Crippen molar-refractivity contribution in [3.63, 3.8) is 0 Å². The van der Waals surface area contributed by atoms with Crippen LogP contribution in [0.2, 0.25) is 0 Å². The second-order valence-corrected chi connectivity index (χ2v) is 4.33. The molecule has 3 heteroatoms. The summed E-state index contributed by atoms with van der Waals surface area (Å²) >= 11 is 0. The van der Waals surface area contributed by atoms with E-state index in [0.717, 1.165) is 35.9 Å². The minimum atomic E-state index is 0.623. The predicted molar refractivity (Wildman–Crippen MR) is 71.0 cm³/mol. The maximum Gasteiger partial charge on any atom is 0.191 e. The van der Waals surface area contributed by atoms with Crippen LogP contribution in [0, 0.1) is 13.8 Å². The number of rotatable bonds is 5. The molecule has 0 fully saturated rings. The summed E-state index contributed by atoms with van der Waals surface area (Å²) < 4.78 is 11.1. The number of hydrogen-bond acceptors (Lipinski definition) is 3. The van der Waals surface area contributed by atoms with Gasteiger partial charge in [-0.1, -0.05) is 19.1 Å². The van der Waals surface area contributed by atoms with Gasteiger partial charge in [-0.25, -0.2) is 4.98 Å². The fourth-order valence-electron chi connectivity index (χ4n) is 1.89. The van der Waals surface area contributed by atoms with Crippen molar-refractivity contribution in [2.75, 3.05) is 6.61 Å². The van der Waals surface area contributed by atoms with Crippen molar-refractivity contribution in [2.45, 2.75) is 33.6 Å². The fourth-order valence-corrected chi connectivity index (χ4v) is 1.89. The Morgan fingerprint density at radius 1 is 1.17 bits per heavy atom. The Morgan fingerprint density at radius 3 is 2.44 bits per heavy atom. The lowest BCUT2D eigenvalue weighted by molar-refractivity contribution is 0.320. The van der Waals surface area contributed by atoms with Crippen LogP contribution in [0.3, 0.4) is 0 Å².